The molecule has 0 aliphatic heterocycles. The third-order valence-corrected chi connectivity index (χ3v) is 3.40. The Bertz CT molecular complexity index is 531. The van der Waals surface area contributed by atoms with Crippen molar-refractivity contribution in [3.8, 4) is 0 Å². The highest BCUT2D eigenvalue weighted by atomic mass is 16.3. The molecule has 3 nitrogen and oxygen atoms in total. The number of rotatable bonds is 4. The molecule has 0 aliphatic rings. The second kappa shape index (κ2) is 5.38. The van der Waals surface area contributed by atoms with Gasteiger partial charge in [0.1, 0.15) is 5.76 Å². The van der Waals surface area contributed by atoms with Gasteiger partial charge in [-0.25, -0.2) is 0 Å². The van der Waals surface area contributed by atoms with E-state index in [-0.39, 0.29) is 6.04 Å². The number of hydrazine groups is 1. The summed E-state index contributed by atoms with van der Waals surface area (Å²) in [5.74, 6) is 6.60. The van der Waals surface area contributed by atoms with Gasteiger partial charge in [0.05, 0.1) is 12.3 Å². The van der Waals surface area contributed by atoms with E-state index in [1.54, 1.807) is 6.26 Å². The van der Waals surface area contributed by atoms with Crippen LogP contribution >= 0.6 is 0 Å². The van der Waals surface area contributed by atoms with Gasteiger partial charge in [0, 0.05) is 5.56 Å². The van der Waals surface area contributed by atoms with E-state index in [2.05, 4.69) is 37.5 Å². The normalized spacial score (nSPS) is 12.7. The first-order valence-electron chi connectivity index (χ1n) is 6.18. The van der Waals surface area contributed by atoms with Crippen LogP contribution in [0.3, 0.4) is 0 Å². The molecule has 0 radical (unpaired) electrons. The number of furan rings is 1. The molecular weight excluding hydrogens is 224 g/mol. The molecule has 1 heterocycles. The first-order chi connectivity index (χ1) is 8.61. The number of nitrogens with one attached hydrogen (secondary N) is 1. The summed E-state index contributed by atoms with van der Waals surface area (Å²) >= 11 is 0. The average Bonchev–Trinajstić information content (AvgIpc) is 2.77. The molecule has 2 rings (SSSR count). The molecule has 1 aromatic heterocycles. The summed E-state index contributed by atoms with van der Waals surface area (Å²) in [5.41, 5.74) is 7.89. The van der Waals surface area contributed by atoms with Crippen LogP contribution in [0.25, 0.3) is 0 Å². The van der Waals surface area contributed by atoms with Gasteiger partial charge >= 0.3 is 0 Å². The predicted molar refractivity (Wildman–Crippen MR) is 73.1 cm³/mol. The zero-order valence-electron chi connectivity index (χ0n) is 11.2. The molecular formula is C15H20N2O. The maximum absolute atomic E-state index is 5.68. The topological polar surface area (TPSA) is 51.2 Å². The van der Waals surface area contributed by atoms with Gasteiger partial charge < -0.3 is 4.42 Å². The molecule has 0 aliphatic carbocycles. The van der Waals surface area contributed by atoms with Gasteiger partial charge in [-0.05, 0) is 44.4 Å². The minimum absolute atomic E-state index is 0.0873. The van der Waals surface area contributed by atoms with Crippen LogP contribution in [-0.2, 0) is 6.42 Å². The van der Waals surface area contributed by atoms with Crippen molar-refractivity contribution in [2.75, 3.05) is 0 Å². The van der Waals surface area contributed by atoms with E-state index in [1.807, 2.05) is 13.0 Å². The fourth-order valence-electron chi connectivity index (χ4n) is 2.26. The molecule has 0 amide bonds. The lowest BCUT2D eigenvalue weighted by atomic mass is 9.95. The van der Waals surface area contributed by atoms with Crippen LogP contribution in [0.4, 0.5) is 0 Å². The van der Waals surface area contributed by atoms with Crippen LogP contribution in [0.1, 0.15) is 34.1 Å². The Hall–Kier alpha value is -1.58. The maximum Gasteiger partial charge on any atom is 0.105 e. The Morgan fingerprint density at radius 2 is 2.00 bits per heavy atom. The van der Waals surface area contributed by atoms with Crippen LogP contribution in [0.5, 0.6) is 0 Å². The SMILES string of the molecule is Cc1ccc(C)c(CC(NN)c2ccoc2C)c1. The molecule has 1 atom stereocenters. The number of hydrogen-bond donors (Lipinski definition) is 2. The third kappa shape index (κ3) is 2.63. The average molecular weight is 244 g/mol. The Balaban J connectivity index is 2.26. The molecule has 0 spiro atoms. The van der Waals surface area contributed by atoms with Gasteiger partial charge in [0.2, 0.25) is 0 Å². The number of aryl methyl sites for hydroxylation is 3. The first-order valence-corrected chi connectivity index (χ1v) is 6.18. The van der Waals surface area contributed by atoms with Gasteiger partial charge in [-0.1, -0.05) is 23.8 Å². The van der Waals surface area contributed by atoms with Gasteiger partial charge in [0.25, 0.3) is 0 Å². The summed E-state index contributed by atoms with van der Waals surface area (Å²) in [6.07, 6.45) is 2.57. The van der Waals surface area contributed by atoms with Crippen molar-refractivity contribution in [3.63, 3.8) is 0 Å². The van der Waals surface area contributed by atoms with Crippen molar-refractivity contribution < 1.29 is 4.42 Å². The Morgan fingerprint density at radius 3 is 2.61 bits per heavy atom. The molecule has 1 aromatic carbocycles. The summed E-state index contributed by atoms with van der Waals surface area (Å²) in [7, 11) is 0. The van der Waals surface area contributed by atoms with E-state index in [0.29, 0.717) is 0 Å². The molecule has 3 heteroatoms. The van der Waals surface area contributed by atoms with Crippen LogP contribution in [0.2, 0.25) is 0 Å². The lowest BCUT2D eigenvalue weighted by Crippen LogP contribution is -2.30. The molecule has 1 unspecified atom stereocenters. The minimum Gasteiger partial charge on any atom is -0.469 e. The molecule has 96 valence electrons. The van der Waals surface area contributed by atoms with Gasteiger partial charge in [-0.3, -0.25) is 11.3 Å². The molecule has 3 N–H and O–H groups in total. The Labute approximate surface area is 108 Å². The Kier molecular flexibility index (Phi) is 3.84. The minimum atomic E-state index is 0.0873. The highest BCUT2D eigenvalue weighted by Crippen LogP contribution is 2.23. The fraction of sp³-hybridized carbons (Fsp3) is 0.333. The largest absolute Gasteiger partial charge is 0.469 e. The number of hydrogen-bond acceptors (Lipinski definition) is 3. The fourth-order valence-corrected chi connectivity index (χ4v) is 2.26. The summed E-state index contributed by atoms with van der Waals surface area (Å²) in [6, 6.07) is 8.57. The van der Waals surface area contributed by atoms with E-state index < -0.39 is 0 Å². The molecule has 0 saturated carbocycles. The van der Waals surface area contributed by atoms with Crippen LogP contribution in [0, 0.1) is 20.8 Å². The molecule has 0 saturated heterocycles. The van der Waals surface area contributed by atoms with Crippen LogP contribution in [-0.4, -0.2) is 0 Å². The van der Waals surface area contributed by atoms with Crippen LogP contribution < -0.4 is 11.3 Å². The smallest absolute Gasteiger partial charge is 0.105 e. The van der Waals surface area contributed by atoms with Crippen molar-refractivity contribution in [2.24, 2.45) is 5.84 Å². The lowest BCUT2D eigenvalue weighted by Gasteiger charge is -2.17. The quantitative estimate of drug-likeness (QED) is 0.642. The third-order valence-electron chi connectivity index (χ3n) is 3.40. The van der Waals surface area contributed by atoms with Crippen LogP contribution in [0.15, 0.2) is 34.9 Å². The van der Waals surface area contributed by atoms with E-state index in [9.17, 15) is 0 Å². The first kappa shape index (κ1) is 12.9. The summed E-state index contributed by atoms with van der Waals surface area (Å²) in [5, 5.41) is 0. The summed E-state index contributed by atoms with van der Waals surface area (Å²) < 4.78 is 5.34. The van der Waals surface area contributed by atoms with E-state index in [0.717, 1.165) is 17.7 Å². The molecule has 0 bridgehead atoms. The second-order valence-corrected chi connectivity index (χ2v) is 4.79. The van der Waals surface area contributed by atoms with E-state index >= 15 is 0 Å². The zero-order valence-corrected chi connectivity index (χ0v) is 11.2. The lowest BCUT2D eigenvalue weighted by molar-refractivity contribution is 0.501. The Morgan fingerprint density at radius 1 is 1.22 bits per heavy atom. The standard InChI is InChI=1S/C15H20N2O/c1-10-4-5-11(2)13(8-10)9-15(17-16)14-6-7-18-12(14)3/h4-8,15,17H,9,16H2,1-3H3. The zero-order chi connectivity index (χ0) is 13.1. The molecule has 18 heavy (non-hydrogen) atoms. The number of nitrogens with two attached hydrogens (primary N) is 1. The summed E-state index contributed by atoms with van der Waals surface area (Å²) in [4.78, 5) is 0. The van der Waals surface area contributed by atoms with E-state index in [1.165, 1.54) is 16.7 Å². The highest BCUT2D eigenvalue weighted by Gasteiger charge is 2.15. The molecule has 2 aromatic rings. The van der Waals surface area contributed by atoms with E-state index in [4.69, 9.17) is 10.3 Å². The maximum atomic E-state index is 5.68. The summed E-state index contributed by atoms with van der Waals surface area (Å²) in [6.45, 7) is 6.20. The number of benzene rings is 1. The van der Waals surface area contributed by atoms with Gasteiger partial charge in [0.15, 0.2) is 0 Å². The monoisotopic (exact) mass is 244 g/mol. The predicted octanol–water partition coefficient (Wildman–Crippen LogP) is 2.95. The van der Waals surface area contributed by atoms with Crippen molar-refractivity contribution in [2.45, 2.75) is 33.2 Å². The highest BCUT2D eigenvalue weighted by molar-refractivity contribution is 5.33. The van der Waals surface area contributed by atoms with Gasteiger partial charge in [-0.15, -0.1) is 0 Å². The van der Waals surface area contributed by atoms with Crippen molar-refractivity contribution in [3.05, 3.63) is 58.5 Å². The second-order valence-electron chi connectivity index (χ2n) is 4.79. The molecule has 0 fully saturated rings. The van der Waals surface area contributed by atoms with Crippen molar-refractivity contribution in [1.29, 1.82) is 0 Å². The van der Waals surface area contributed by atoms with Crippen molar-refractivity contribution >= 4 is 0 Å². The van der Waals surface area contributed by atoms with Gasteiger partial charge in [-0.2, -0.15) is 0 Å². The van der Waals surface area contributed by atoms with Crippen molar-refractivity contribution in [1.82, 2.24) is 5.43 Å².